The maximum Gasteiger partial charge on any atom is 0.277 e. The molecule has 1 amide bonds. The minimum absolute atomic E-state index is 0.118. The lowest BCUT2D eigenvalue weighted by Gasteiger charge is -2.17. The van der Waals surface area contributed by atoms with Crippen LogP contribution < -0.4 is 4.90 Å². The van der Waals surface area contributed by atoms with Crippen molar-refractivity contribution in [1.82, 2.24) is 4.98 Å². The number of phenolic OH excluding ortho intramolecular Hbond substituents is 1. The van der Waals surface area contributed by atoms with E-state index in [9.17, 15) is 9.90 Å². The predicted molar refractivity (Wildman–Crippen MR) is 72.8 cm³/mol. The Morgan fingerprint density at radius 3 is 2.78 bits per heavy atom. The van der Waals surface area contributed by atoms with Gasteiger partial charge in [0, 0.05) is 29.5 Å². The summed E-state index contributed by atoms with van der Waals surface area (Å²) in [6.45, 7) is 0. The molecule has 1 aromatic heterocycles. The van der Waals surface area contributed by atoms with E-state index in [4.69, 9.17) is 0 Å². The number of hydrogen-bond acceptors (Lipinski definition) is 3. The van der Waals surface area contributed by atoms with Crippen LogP contribution in [0.15, 0.2) is 47.1 Å². The molecule has 5 heteroatoms. The first-order valence-electron chi connectivity index (χ1n) is 5.27. The molecule has 0 unspecified atom stereocenters. The number of hydrogen-bond donors (Lipinski definition) is 1. The summed E-state index contributed by atoms with van der Waals surface area (Å²) in [5.41, 5.74) is 0.945. The first-order valence-corrected chi connectivity index (χ1v) is 6.06. The predicted octanol–water partition coefficient (Wildman–Crippen LogP) is 2.83. The summed E-state index contributed by atoms with van der Waals surface area (Å²) in [7, 11) is 1.64. The minimum Gasteiger partial charge on any atom is -0.508 e. The van der Waals surface area contributed by atoms with Crippen molar-refractivity contribution in [3.05, 3.63) is 52.8 Å². The highest BCUT2D eigenvalue weighted by atomic mass is 79.9. The van der Waals surface area contributed by atoms with Crippen molar-refractivity contribution in [3.63, 3.8) is 0 Å². The number of pyridine rings is 1. The zero-order chi connectivity index (χ0) is 13.1. The number of rotatable bonds is 2. The number of amides is 1. The monoisotopic (exact) mass is 306 g/mol. The SMILES string of the molecule is CN(C(=O)c1ncccc1Br)c1cccc(O)c1. The molecule has 0 saturated carbocycles. The third-order valence-corrected chi connectivity index (χ3v) is 3.12. The summed E-state index contributed by atoms with van der Waals surface area (Å²) >= 11 is 3.29. The number of aromatic nitrogens is 1. The molecule has 0 fully saturated rings. The molecule has 4 nitrogen and oxygen atoms in total. The molecule has 0 aliphatic rings. The van der Waals surface area contributed by atoms with Crippen molar-refractivity contribution < 1.29 is 9.90 Å². The van der Waals surface area contributed by atoms with Gasteiger partial charge in [-0.2, -0.15) is 0 Å². The van der Waals surface area contributed by atoms with Gasteiger partial charge in [-0.25, -0.2) is 4.98 Å². The van der Waals surface area contributed by atoms with Gasteiger partial charge in [0.05, 0.1) is 0 Å². The van der Waals surface area contributed by atoms with Crippen LogP contribution in [0.5, 0.6) is 5.75 Å². The number of carbonyl (C=O) groups is 1. The van der Waals surface area contributed by atoms with Gasteiger partial charge in [-0.3, -0.25) is 4.79 Å². The first-order chi connectivity index (χ1) is 8.59. The van der Waals surface area contributed by atoms with E-state index < -0.39 is 0 Å². The number of nitrogens with zero attached hydrogens (tertiary/aromatic N) is 2. The van der Waals surface area contributed by atoms with Crippen LogP contribution in [0.25, 0.3) is 0 Å². The fourth-order valence-corrected chi connectivity index (χ4v) is 1.95. The molecule has 18 heavy (non-hydrogen) atoms. The second-order valence-corrected chi connectivity index (χ2v) is 4.57. The average molecular weight is 307 g/mol. The Morgan fingerprint density at radius 2 is 2.11 bits per heavy atom. The van der Waals surface area contributed by atoms with Crippen LogP contribution in [0, 0.1) is 0 Å². The normalized spacial score (nSPS) is 10.1. The summed E-state index contributed by atoms with van der Waals surface area (Å²) in [6, 6.07) is 10.0. The smallest absolute Gasteiger partial charge is 0.277 e. The largest absolute Gasteiger partial charge is 0.508 e. The fraction of sp³-hybridized carbons (Fsp3) is 0.0769. The van der Waals surface area contributed by atoms with E-state index >= 15 is 0 Å². The molecule has 0 spiro atoms. The molecule has 1 N–H and O–H groups in total. The van der Waals surface area contributed by atoms with Crippen molar-refractivity contribution in [3.8, 4) is 5.75 Å². The molecule has 0 aliphatic carbocycles. The summed E-state index contributed by atoms with van der Waals surface area (Å²) in [4.78, 5) is 17.7. The van der Waals surface area contributed by atoms with Crippen LogP contribution >= 0.6 is 15.9 Å². The summed E-state index contributed by atoms with van der Waals surface area (Å²) < 4.78 is 0.641. The van der Waals surface area contributed by atoms with E-state index in [2.05, 4.69) is 20.9 Å². The lowest BCUT2D eigenvalue weighted by molar-refractivity contribution is 0.0987. The molecule has 0 aliphatic heterocycles. The minimum atomic E-state index is -0.243. The Kier molecular flexibility index (Phi) is 3.62. The standard InChI is InChI=1S/C13H11BrN2O2/c1-16(9-4-2-5-10(17)8-9)13(18)12-11(14)6-3-7-15-12/h2-8,17H,1H3. The fourth-order valence-electron chi connectivity index (χ4n) is 1.52. The van der Waals surface area contributed by atoms with Crippen LogP contribution in [-0.4, -0.2) is 23.0 Å². The Bertz CT molecular complexity index is 587. The van der Waals surface area contributed by atoms with Gasteiger partial charge in [0.25, 0.3) is 5.91 Å². The Morgan fingerprint density at radius 1 is 1.33 bits per heavy atom. The van der Waals surface area contributed by atoms with Crippen LogP contribution in [0.4, 0.5) is 5.69 Å². The average Bonchev–Trinajstić information content (AvgIpc) is 2.37. The lowest BCUT2D eigenvalue weighted by Crippen LogP contribution is -2.27. The Balaban J connectivity index is 2.32. The van der Waals surface area contributed by atoms with Gasteiger partial charge in [0.15, 0.2) is 0 Å². The summed E-state index contributed by atoms with van der Waals surface area (Å²) in [6.07, 6.45) is 1.56. The molecular formula is C13H11BrN2O2. The van der Waals surface area contributed by atoms with Crippen LogP contribution in [0.3, 0.4) is 0 Å². The number of aromatic hydroxyl groups is 1. The van der Waals surface area contributed by atoms with Crippen molar-refractivity contribution in [2.24, 2.45) is 0 Å². The van der Waals surface area contributed by atoms with Crippen LogP contribution in [0.1, 0.15) is 10.5 Å². The van der Waals surface area contributed by atoms with E-state index in [1.165, 1.54) is 11.0 Å². The van der Waals surface area contributed by atoms with E-state index in [0.29, 0.717) is 15.9 Å². The van der Waals surface area contributed by atoms with E-state index in [1.54, 1.807) is 43.6 Å². The first kappa shape index (κ1) is 12.6. The second-order valence-electron chi connectivity index (χ2n) is 3.72. The van der Waals surface area contributed by atoms with Gasteiger partial charge in [0.2, 0.25) is 0 Å². The van der Waals surface area contributed by atoms with Crippen molar-refractivity contribution >= 4 is 27.5 Å². The number of phenols is 1. The third-order valence-electron chi connectivity index (χ3n) is 2.48. The van der Waals surface area contributed by atoms with Crippen LogP contribution in [0.2, 0.25) is 0 Å². The molecule has 1 heterocycles. The molecule has 0 atom stereocenters. The maximum atomic E-state index is 12.2. The maximum absolute atomic E-state index is 12.2. The summed E-state index contributed by atoms with van der Waals surface area (Å²) in [5.74, 6) is -0.125. The number of anilines is 1. The molecule has 2 aromatic rings. The zero-order valence-corrected chi connectivity index (χ0v) is 11.3. The third kappa shape index (κ3) is 2.51. The molecule has 92 valence electrons. The Labute approximate surface area is 113 Å². The van der Waals surface area contributed by atoms with E-state index in [0.717, 1.165) is 0 Å². The molecular weight excluding hydrogens is 296 g/mol. The molecule has 0 radical (unpaired) electrons. The molecule has 0 saturated heterocycles. The highest BCUT2D eigenvalue weighted by Crippen LogP contribution is 2.22. The van der Waals surface area contributed by atoms with Gasteiger partial charge in [-0.15, -0.1) is 0 Å². The highest BCUT2D eigenvalue weighted by molar-refractivity contribution is 9.10. The van der Waals surface area contributed by atoms with Crippen LogP contribution in [-0.2, 0) is 0 Å². The van der Waals surface area contributed by atoms with Gasteiger partial charge in [-0.05, 0) is 40.2 Å². The van der Waals surface area contributed by atoms with Gasteiger partial charge in [0.1, 0.15) is 11.4 Å². The zero-order valence-electron chi connectivity index (χ0n) is 9.67. The van der Waals surface area contributed by atoms with Gasteiger partial charge < -0.3 is 10.0 Å². The summed E-state index contributed by atoms with van der Waals surface area (Å²) in [5, 5.41) is 9.41. The van der Waals surface area contributed by atoms with E-state index in [-0.39, 0.29) is 11.7 Å². The number of benzene rings is 1. The molecule has 1 aromatic carbocycles. The highest BCUT2D eigenvalue weighted by Gasteiger charge is 2.17. The quantitative estimate of drug-likeness (QED) is 0.928. The van der Waals surface area contributed by atoms with Crippen molar-refractivity contribution in [2.45, 2.75) is 0 Å². The molecule has 2 rings (SSSR count). The number of carbonyl (C=O) groups excluding carboxylic acids is 1. The van der Waals surface area contributed by atoms with Crippen molar-refractivity contribution in [2.75, 3.05) is 11.9 Å². The lowest BCUT2D eigenvalue weighted by atomic mass is 10.2. The Hall–Kier alpha value is -1.88. The van der Waals surface area contributed by atoms with E-state index in [1.807, 2.05) is 0 Å². The second kappa shape index (κ2) is 5.18. The van der Waals surface area contributed by atoms with Gasteiger partial charge in [-0.1, -0.05) is 6.07 Å². The molecule has 0 bridgehead atoms. The number of halogens is 1. The van der Waals surface area contributed by atoms with Gasteiger partial charge >= 0.3 is 0 Å². The van der Waals surface area contributed by atoms with Crippen molar-refractivity contribution in [1.29, 1.82) is 0 Å². The topological polar surface area (TPSA) is 53.4 Å².